The Morgan fingerprint density at radius 3 is 1.91 bits per heavy atom. The molecule has 0 saturated heterocycles. The second kappa shape index (κ2) is 13.4. The van der Waals surface area contributed by atoms with Gasteiger partial charge in [0.15, 0.2) is 0 Å². The van der Waals surface area contributed by atoms with Crippen LogP contribution in [0, 0.1) is 0 Å². The topological polar surface area (TPSA) is 160 Å². The van der Waals surface area contributed by atoms with Crippen molar-refractivity contribution in [3.63, 3.8) is 0 Å². The first-order valence-corrected chi connectivity index (χ1v) is 16.8. The number of carbonyl (C=O) groups is 2. The molecule has 1 aromatic heterocycles. The lowest BCUT2D eigenvalue weighted by molar-refractivity contribution is -0.140. The summed E-state index contributed by atoms with van der Waals surface area (Å²) < 4.78 is 79.5. The Bertz CT molecular complexity index is 1950. The molecular weight excluding hydrogens is 638 g/mol. The van der Waals surface area contributed by atoms with Crippen LogP contribution >= 0.6 is 0 Å². The third kappa shape index (κ3) is 7.61. The van der Waals surface area contributed by atoms with E-state index in [9.17, 15) is 26.4 Å². The average Bonchev–Trinajstić information content (AvgIpc) is 3.39. The van der Waals surface area contributed by atoms with E-state index >= 15 is 0 Å². The number of hydrogen-bond acceptors (Lipinski definition) is 10. The number of rotatable bonds is 11. The summed E-state index contributed by atoms with van der Waals surface area (Å²) in [6.45, 7) is 3.84. The highest BCUT2D eigenvalue weighted by molar-refractivity contribution is 7.92. The number of carbonyl (C=O) groups excluding carboxylic acids is 2. The summed E-state index contributed by atoms with van der Waals surface area (Å²) in [4.78, 5) is 25.9. The van der Waals surface area contributed by atoms with Crippen LogP contribution in [-0.2, 0) is 40.9 Å². The first kappa shape index (κ1) is 34.3. The van der Waals surface area contributed by atoms with Crippen LogP contribution in [0.4, 0.5) is 10.5 Å². The van der Waals surface area contributed by atoms with Crippen molar-refractivity contribution < 1.29 is 45.4 Å². The zero-order chi connectivity index (χ0) is 33.9. The normalized spacial score (nSPS) is 12.2. The third-order valence-corrected chi connectivity index (χ3v) is 9.87. The Balaban J connectivity index is 1.85. The van der Waals surface area contributed by atoms with Crippen LogP contribution < -0.4 is 14.2 Å². The zero-order valence-electron chi connectivity index (χ0n) is 26.1. The molecule has 0 bridgehead atoms. The summed E-state index contributed by atoms with van der Waals surface area (Å²) in [5, 5.41) is 0.278. The van der Waals surface area contributed by atoms with E-state index in [0.717, 1.165) is 16.0 Å². The number of nitrogens with zero attached hydrogens (tertiary/aromatic N) is 2. The molecule has 15 heteroatoms. The SMILES string of the molecule is COC(=O)CN(Cc1cc2c(NS(=O)(=O)c3ccc(OC)cc3)cccc2n1C(=O)OC(C)(C)C)S(=O)(=O)c1ccc(OC)cc1. The number of nitrogens with one attached hydrogen (secondary N) is 1. The van der Waals surface area contributed by atoms with Crippen LogP contribution in [0.25, 0.3) is 10.9 Å². The van der Waals surface area contributed by atoms with Gasteiger partial charge in [-0.1, -0.05) is 6.07 Å². The second-order valence-electron chi connectivity index (χ2n) is 11.0. The average molecular weight is 674 g/mol. The largest absolute Gasteiger partial charge is 0.497 e. The van der Waals surface area contributed by atoms with Crippen LogP contribution in [0.2, 0.25) is 0 Å². The standard InChI is InChI=1S/C31H35N3O10S2/c1-31(2,3)44-30(36)34-21(19-33(20-29(35)43-6)46(39,40)25-16-12-23(42-5)13-17-25)18-26-27(8-7-9-28(26)34)32-45(37,38)24-14-10-22(41-4)11-15-24/h7-18,32H,19-20H2,1-6H3. The summed E-state index contributed by atoms with van der Waals surface area (Å²) in [6.07, 6.45) is -0.840. The predicted molar refractivity (Wildman–Crippen MR) is 170 cm³/mol. The Kier molecular flexibility index (Phi) is 9.99. The summed E-state index contributed by atoms with van der Waals surface area (Å²) in [5.74, 6) is 0.0549. The van der Waals surface area contributed by atoms with Crippen LogP contribution in [0.5, 0.6) is 11.5 Å². The van der Waals surface area contributed by atoms with Gasteiger partial charge in [0.2, 0.25) is 10.0 Å². The first-order chi connectivity index (χ1) is 21.6. The summed E-state index contributed by atoms with van der Waals surface area (Å²) in [7, 11) is -4.41. The Hall–Kier alpha value is -4.60. The van der Waals surface area contributed by atoms with Gasteiger partial charge in [0, 0.05) is 11.1 Å². The highest BCUT2D eigenvalue weighted by atomic mass is 32.2. The molecular formula is C31H35N3O10S2. The minimum atomic E-state index is -4.34. The van der Waals surface area contributed by atoms with E-state index < -0.39 is 50.8 Å². The third-order valence-electron chi connectivity index (χ3n) is 6.68. The van der Waals surface area contributed by atoms with E-state index in [1.807, 2.05) is 0 Å². The van der Waals surface area contributed by atoms with Crippen molar-refractivity contribution in [2.75, 3.05) is 32.6 Å². The molecule has 46 heavy (non-hydrogen) atoms. The van der Waals surface area contributed by atoms with E-state index in [4.69, 9.17) is 18.9 Å². The minimum Gasteiger partial charge on any atom is -0.497 e. The van der Waals surface area contributed by atoms with Gasteiger partial charge >= 0.3 is 12.1 Å². The predicted octanol–water partition coefficient (Wildman–Crippen LogP) is 4.61. The molecule has 3 aromatic carbocycles. The van der Waals surface area contributed by atoms with Crippen LogP contribution in [0.15, 0.2) is 82.6 Å². The van der Waals surface area contributed by atoms with Gasteiger partial charge in [-0.2, -0.15) is 4.31 Å². The molecule has 0 unspecified atom stereocenters. The maximum Gasteiger partial charge on any atom is 0.419 e. The molecule has 0 amide bonds. The van der Waals surface area contributed by atoms with Crippen molar-refractivity contribution >= 4 is 48.7 Å². The molecule has 0 fully saturated rings. The van der Waals surface area contributed by atoms with Gasteiger partial charge in [0.25, 0.3) is 10.0 Å². The highest BCUT2D eigenvalue weighted by Gasteiger charge is 2.31. The van der Waals surface area contributed by atoms with Crippen molar-refractivity contribution in [1.82, 2.24) is 8.87 Å². The Morgan fingerprint density at radius 2 is 1.39 bits per heavy atom. The Labute approximate surface area is 267 Å². The monoisotopic (exact) mass is 673 g/mol. The fourth-order valence-electron chi connectivity index (χ4n) is 4.48. The van der Waals surface area contributed by atoms with Crippen molar-refractivity contribution in [2.45, 2.75) is 42.7 Å². The molecule has 13 nitrogen and oxygen atoms in total. The number of sulfonamides is 2. The van der Waals surface area contributed by atoms with Crippen molar-refractivity contribution in [2.24, 2.45) is 0 Å². The number of esters is 1. The van der Waals surface area contributed by atoms with E-state index in [-0.39, 0.29) is 32.1 Å². The summed E-state index contributed by atoms with van der Waals surface area (Å²) in [6, 6.07) is 17.4. The van der Waals surface area contributed by atoms with Gasteiger partial charge in [-0.15, -0.1) is 0 Å². The van der Waals surface area contributed by atoms with Gasteiger partial charge in [0.1, 0.15) is 23.6 Å². The molecule has 0 aliphatic heterocycles. The van der Waals surface area contributed by atoms with Gasteiger partial charge in [0.05, 0.1) is 48.9 Å². The van der Waals surface area contributed by atoms with Gasteiger partial charge in [-0.3, -0.25) is 9.52 Å². The van der Waals surface area contributed by atoms with E-state index in [2.05, 4.69) is 4.72 Å². The molecule has 246 valence electrons. The maximum absolute atomic E-state index is 13.8. The molecule has 4 aromatic rings. The van der Waals surface area contributed by atoms with Crippen LogP contribution in [0.3, 0.4) is 0 Å². The Morgan fingerprint density at radius 1 is 0.826 bits per heavy atom. The van der Waals surface area contributed by atoms with Gasteiger partial charge in [-0.25, -0.2) is 26.2 Å². The molecule has 0 aliphatic rings. The molecule has 0 aliphatic carbocycles. The molecule has 1 heterocycles. The zero-order valence-corrected chi connectivity index (χ0v) is 27.8. The van der Waals surface area contributed by atoms with E-state index in [0.29, 0.717) is 11.5 Å². The lowest BCUT2D eigenvalue weighted by atomic mass is 10.2. The summed E-state index contributed by atoms with van der Waals surface area (Å²) >= 11 is 0. The maximum atomic E-state index is 13.8. The van der Waals surface area contributed by atoms with Crippen LogP contribution in [0.1, 0.15) is 26.5 Å². The van der Waals surface area contributed by atoms with Gasteiger partial charge in [-0.05, 0) is 87.5 Å². The fraction of sp³-hybridized carbons (Fsp3) is 0.290. The molecule has 0 saturated carbocycles. The van der Waals surface area contributed by atoms with Gasteiger partial charge < -0.3 is 18.9 Å². The molecule has 1 N–H and O–H groups in total. The molecule has 0 radical (unpaired) electrons. The lowest BCUT2D eigenvalue weighted by Crippen LogP contribution is -2.37. The highest BCUT2D eigenvalue weighted by Crippen LogP contribution is 2.32. The number of aromatic nitrogens is 1. The number of benzene rings is 3. The number of anilines is 1. The first-order valence-electron chi connectivity index (χ1n) is 13.8. The van der Waals surface area contributed by atoms with E-state index in [1.54, 1.807) is 32.9 Å². The molecule has 4 rings (SSSR count). The number of hydrogen-bond donors (Lipinski definition) is 1. The molecule has 0 atom stereocenters. The number of methoxy groups -OCH3 is 3. The van der Waals surface area contributed by atoms with Crippen molar-refractivity contribution in [3.8, 4) is 11.5 Å². The summed E-state index contributed by atoms with van der Waals surface area (Å²) in [5.41, 5.74) is -0.478. The second-order valence-corrected chi connectivity index (χ2v) is 14.6. The molecule has 0 spiro atoms. The lowest BCUT2D eigenvalue weighted by Gasteiger charge is -2.24. The number of fused-ring (bicyclic) bond motifs is 1. The smallest absolute Gasteiger partial charge is 0.419 e. The van der Waals surface area contributed by atoms with Crippen LogP contribution in [-0.4, -0.2) is 71.2 Å². The van der Waals surface area contributed by atoms with E-state index in [1.165, 1.54) is 74.9 Å². The quantitative estimate of drug-likeness (QED) is 0.223. The van der Waals surface area contributed by atoms with Crippen molar-refractivity contribution in [1.29, 1.82) is 0 Å². The minimum absolute atomic E-state index is 0.0352. The van der Waals surface area contributed by atoms with Crippen molar-refractivity contribution in [3.05, 3.63) is 78.5 Å². The number of ether oxygens (including phenoxy) is 4. The fourth-order valence-corrected chi connectivity index (χ4v) is 6.92.